The molecule has 15 heavy (non-hydrogen) atoms. The van der Waals surface area contributed by atoms with Crippen LogP contribution in [0.3, 0.4) is 0 Å². The van der Waals surface area contributed by atoms with Crippen LogP contribution in [-0.2, 0) is 0 Å². The smallest absolute Gasteiger partial charge is 0.349 e. The van der Waals surface area contributed by atoms with Crippen LogP contribution >= 0.6 is 0 Å². The molecule has 0 aliphatic rings. The molecule has 1 rings (SSSR count). The maximum absolute atomic E-state index is 10.7. The van der Waals surface area contributed by atoms with E-state index in [4.69, 9.17) is 10.6 Å². The first-order chi connectivity index (χ1) is 7.27. The van der Waals surface area contributed by atoms with Crippen molar-refractivity contribution in [2.24, 2.45) is 10.9 Å². The average Bonchev–Trinajstić information content (AvgIpc) is 2.29. The van der Waals surface area contributed by atoms with Crippen molar-refractivity contribution >= 4 is 12.2 Å². The summed E-state index contributed by atoms with van der Waals surface area (Å²) in [5.41, 5.74) is 4.82. The van der Waals surface area contributed by atoms with Gasteiger partial charge < -0.3 is 4.74 Å². The molecular weight excluding hydrogens is 196 g/mol. The van der Waals surface area contributed by atoms with Gasteiger partial charge in [0.2, 0.25) is 0 Å². The van der Waals surface area contributed by atoms with Crippen molar-refractivity contribution in [1.82, 2.24) is 10.9 Å². The molecule has 1 aromatic carbocycles. The van der Waals surface area contributed by atoms with Gasteiger partial charge in [0.25, 0.3) is 0 Å². The van der Waals surface area contributed by atoms with Gasteiger partial charge in [0.1, 0.15) is 5.75 Å². The number of urea groups is 1. The van der Waals surface area contributed by atoms with Crippen molar-refractivity contribution in [3.8, 4) is 5.75 Å². The van der Waals surface area contributed by atoms with Gasteiger partial charge in [-0.2, -0.15) is 5.10 Å². The molecule has 0 radical (unpaired) electrons. The molecule has 0 unspecified atom stereocenters. The van der Waals surface area contributed by atoms with Crippen LogP contribution < -0.4 is 21.4 Å². The number of carbonyl (C=O) groups excluding carboxylic acids is 1. The molecule has 4 N–H and O–H groups in total. The van der Waals surface area contributed by atoms with Crippen molar-refractivity contribution in [2.75, 3.05) is 7.11 Å². The summed E-state index contributed by atoms with van der Waals surface area (Å²) in [7, 11) is 1.56. The van der Waals surface area contributed by atoms with Crippen LogP contribution in [0.1, 0.15) is 5.56 Å². The highest BCUT2D eigenvalue weighted by molar-refractivity contribution is 5.84. The quantitative estimate of drug-likeness (QED) is 0.287. The number of methoxy groups -OCH3 is 1. The zero-order chi connectivity index (χ0) is 11.1. The number of amides is 2. The van der Waals surface area contributed by atoms with Crippen LogP contribution in [0.15, 0.2) is 29.4 Å². The molecule has 0 bridgehead atoms. The van der Waals surface area contributed by atoms with Crippen molar-refractivity contribution in [2.45, 2.75) is 0 Å². The van der Waals surface area contributed by atoms with Crippen LogP contribution in [0, 0.1) is 0 Å². The molecule has 0 aliphatic heterocycles. The number of benzene rings is 1. The standard InChI is InChI=1S/C9H12N4O2/c1-15-8-5-3-2-4-7(8)6-11-13-9(14)12-10/h2-6H,10H2,1H3,(H2,12,13,14)/b11-6+. The molecule has 0 spiro atoms. The molecule has 0 aliphatic carbocycles. The predicted molar refractivity (Wildman–Crippen MR) is 56.4 cm³/mol. The van der Waals surface area contributed by atoms with Gasteiger partial charge in [0.15, 0.2) is 0 Å². The highest BCUT2D eigenvalue weighted by atomic mass is 16.5. The van der Waals surface area contributed by atoms with E-state index in [1.807, 2.05) is 23.6 Å². The number of hydrazone groups is 1. The Labute approximate surface area is 87.1 Å². The lowest BCUT2D eigenvalue weighted by molar-refractivity contribution is 0.241. The lowest BCUT2D eigenvalue weighted by Crippen LogP contribution is -2.37. The Kier molecular flexibility index (Phi) is 4.11. The van der Waals surface area contributed by atoms with Gasteiger partial charge in [-0.15, -0.1) is 0 Å². The van der Waals surface area contributed by atoms with Gasteiger partial charge in [-0.3, -0.25) is 5.43 Å². The third-order valence-electron chi connectivity index (χ3n) is 1.64. The van der Waals surface area contributed by atoms with E-state index < -0.39 is 6.03 Å². The van der Waals surface area contributed by atoms with E-state index in [1.165, 1.54) is 6.21 Å². The summed E-state index contributed by atoms with van der Waals surface area (Å²) in [6, 6.07) is 6.71. The number of rotatable bonds is 3. The maximum atomic E-state index is 10.7. The lowest BCUT2D eigenvalue weighted by Gasteiger charge is -2.02. The number of para-hydroxylation sites is 1. The van der Waals surface area contributed by atoms with Gasteiger partial charge in [0.05, 0.1) is 13.3 Å². The second-order valence-electron chi connectivity index (χ2n) is 2.59. The highest BCUT2D eigenvalue weighted by Crippen LogP contribution is 2.14. The molecule has 6 nitrogen and oxygen atoms in total. The van der Waals surface area contributed by atoms with Crippen molar-refractivity contribution in [1.29, 1.82) is 0 Å². The fourth-order valence-corrected chi connectivity index (χ4v) is 0.966. The molecule has 80 valence electrons. The molecule has 0 fully saturated rings. The SMILES string of the molecule is COc1ccccc1/C=N/NC(=O)NN. The highest BCUT2D eigenvalue weighted by Gasteiger charge is 1.97. The second kappa shape index (κ2) is 5.61. The number of nitrogens with two attached hydrogens (primary N) is 1. The summed E-state index contributed by atoms with van der Waals surface area (Å²) in [6.07, 6.45) is 1.47. The van der Waals surface area contributed by atoms with E-state index in [1.54, 1.807) is 13.2 Å². The van der Waals surface area contributed by atoms with Crippen molar-refractivity contribution in [3.63, 3.8) is 0 Å². The summed E-state index contributed by atoms with van der Waals surface area (Å²) in [6.45, 7) is 0. The van der Waals surface area contributed by atoms with E-state index >= 15 is 0 Å². The van der Waals surface area contributed by atoms with E-state index in [2.05, 4.69) is 10.5 Å². The first kappa shape index (κ1) is 11.0. The average molecular weight is 208 g/mol. The molecule has 6 heteroatoms. The van der Waals surface area contributed by atoms with Crippen LogP contribution in [0.4, 0.5) is 4.79 Å². The van der Waals surface area contributed by atoms with Crippen molar-refractivity contribution in [3.05, 3.63) is 29.8 Å². The van der Waals surface area contributed by atoms with Crippen molar-refractivity contribution < 1.29 is 9.53 Å². The predicted octanol–water partition coefficient (Wildman–Crippen LogP) is 0.202. The molecule has 0 heterocycles. The number of hydrogen-bond donors (Lipinski definition) is 3. The Balaban J connectivity index is 2.67. The summed E-state index contributed by atoms with van der Waals surface area (Å²) in [4.78, 5) is 10.7. The minimum atomic E-state index is -0.582. The zero-order valence-electron chi connectivity index (χ0n) is 8.23. The van der Waals surface area contributed by atoms with E-state index in [-0.39, 0.29) is 0 Å². The third kappa shape index (κ3) is 3.28. The Morgan fingerprint density at radius 1 is 1.53 bits per heavy atom. The van der Waals surface area contributed by atoms with E-state index in [0.717, 1.165) is 5.56 Å². The number of hydrazine groups is 1. The molecule has 2 amide bonds. The first-order valence-corrected chi connectivity index (χ1v) is 4.20. The number of hydrogen-bond acceptors (Lipinski definition) is 4. The Morgan fingerprint density at radius 2 is 2.27 bits per heavy atom. The molecule has 1 aromatic rings. The summed E-state index contributed by atoms with van der Waals surface area (Å²) < 4.78 is 5.08. The molecular formula is C9H12N4O2. The van der Waals surface area contributed by atoms with E-state index in [0.29, 0.717) is 5.75 Å². The minimum absolute atomic E-state index is 0.582. The molecule has 0 aromatic heterocycles. The van der Waals surface area contributed by atoms with Gasteiger partial charge in [0, 0.05) is 5.56 Å². The Hall–Kier alpha value is -2.08. The fourth-order valence-electron chi connectivity index (χ4n) is 0.966. The normalized spacial score (nSPS) is 10.0. The maximum Gasteiger partial charge on any atom is 0.349 e. The van der Waals surface area contributed by atoms with Crippen LogP contribution in [-0.4, -0.2) is 19.4 Å². The summed E-state index contributed by atoms with van der Waals surface area (Å²) in [5.74, 6) is 5.52. The lowest BCUT2D eigenvalue weighted by atomic mass is 10.2. The number of nitrogens with one attached hydrogen (secondary N) is 2. The topological polar surface area (TPSA) is 88.7 Å². The molecule has 0 saturated heterocycles. The van der Waals surface area contributed by atoms with Gasteiger partial charge in [-0.25, -0.2) is 16.1 Å². The summed E-state index contributed by atoms with van der Waals surface area (Å²) >= 11 is 0. The van der Waals surface area contributed by atoms with Gasteiger partial charge in [-0.05, 0) is 12.1 Å². The monoisotopic (exact) mass is 208 g/mol. The molecule has 0 atom stereocenters. The third-order valence-corrected chi connectivity index (χ3v) is 1.64. The zero-order valence-corrected chi connectivity index (χ0v) is 8.23. The minimum Gasteiger partial charge on any atom is -0.496 e. The number of carbonyl (C=O) groups is 1. The first-order valence-electron chi connectivity index (χ1n) is 4.20. The number of ether oxygens (including phenoxy) is 1. The molecule has 0 saturated carbocycles. The Morgan fingerprint density at radius 3 is 2.93 bits per heavy atom. The fraction of sp³-hybridized carbons (Fsp3) is 0.111. The number of nitrogens with zero attached hydrogens (tertiary/aromatic N) is 1. The second-order valence-corrected chi connectivity index (χ2v) is 2.59. The largest absolute Gasteiger partial charge is 0.496 e. The van der Waals surface area contributed by atoms with Crippen LogP contribution in [0.25, 0.3) is 0 Å². The van der Waals surface area contributed by atoms with Crippen LogP contribution in [0.2, 0.25) is 0 Å². The van der Waals surface area contributed by atoms with E-state index in [9.17, 15) is 4.79 Å². The van der Waals surface area contributed by atoms with Crippen LogP contribution in [0.5, 0.6) is 5.75 Å². The summed E-state index contributed by atoms with van der Waals surface area (Å²) in [5, 5.41) is 3.67. The Bertz CT molecular complexity index is 365. The van der Waals surface area contributed by atoms with Gasteiger partial charge in [-0.1, -0.05) is 12.1 Å². The van der Waals surface area contributed by atoms with Gasteiger partial charge >= 0.3 is 6.03 Å².